The number of hydrogen-bond donors (Lipinski definition) is 0. The molecule has 0 bridgehead atoms. The van der Waals surface area contributed by atoms with E-state index in [0.29, 0.717) is 15.8 Å². The van der Waals surface area contributed by atoms with E-state index in [2.05, 4.69) is 9.97 Å². The number of carbonyl (C=O) groups is 1. The quantitative estimate of drug-likeness (QED) is 0.354. The molecule has 0 fully saturated rings. The lowest BCUT2D eigenvalue weighted by Crippen LogP contribution is -2.13. The van der Waals surface area contributed by atoms with Gasteiger partial charge in [-0.3, -0.25) is 9.78 Å². The van der Waals surface area contributed by atoms with Gasteiger partial charge in [-0.15, -0.1) is 0 Å². The Morgan fingerprint density at radius 1 is 1.04 bits per heavy atom. The van der Waals surface area contributed by atoms with Crippen LogP contribution >= 0.6 is 23.4 Å². The summed E-state index contributed by atoms with van der Waals surface area (Å²) in [5.74, 6) is 0.537. The van der Waals surface area contributed by atoms with Crippen molar-refractivity contribution in [2.45, 2.75) is 5.03 Å². The molecule has 0 aliphatic carbocycles. The average Bonchev–Trinajstić information content (AvgIpc) is 2.65. The lowest BCUT2D eigenvalue weighted by atomic mass is 10.3. The van der Waals surface area contributed by atoms with Crippen molar-refractivity contribution in [1.82, 2.24) is 9.97 Å². The van der Waals surface area contributed by atoms with Crippen LogP contribution in [-0.2, 0) is 9.53 Å². The summed E-state index contributed by atoms with van der Waals surface area (Å²) in [7, 11) is 0. The maximum atomic E-state index is 11.8. The third-order valence-electron chi connectivity index (χ3n) is 3.19. The predicted molar refractivity (Wildman–Crippen MR) is 98.2 cm³/mol. The molecule has 1 aromatic heterocycles. The van der Waals surface area contributed by atoms with Crippen LogP contribution in [-0.4, -0.2) is 34.9 Å². The second-order valence-corrected chi connectivity index (χ2v) is 6.44. The minimum Gasteiger partial charge on any atom is -0.490 e. The highest BCUT2D eigenvalue weighted by Crippen LogP contribution is 2.18. The SMILES string of the molecule is O=C(CSc1cnc2ccccc2n1)OCCOc1ccc(Cl)cc1. The molecule has 7 heteroatoms. The zero-order valence-corrected chi connectivity index (χ0v) is 14.8. The van der Waals surface area contributed by atoms with Gasteiger partial charge >= 0.3 is 5.97 Å². The van der Waals surface area contributed by atoms with Crippen LogP contribution in [0.2, 0.25) is 5.02 Å². The largest absolute Gasteiger partial charge is 0.490 e. The number of nitrogens with zero attached hydrogens (tertiary/aromatic N) is 2. The molecule has 0 atom stereocenters. The molecule has 0 spiro atoms. The maximum Gasteiger partial charge on any atom is 0.316 e. The van der Waals surface area contributed by atoms with Gasteiger partial charge in [-0.25, -0.2) is 4.98 Å². The van der Waals surface area contributed by atoms with Crippen LogP contribution in [0.15, 0.2) is 59.8 Å². The van der Waals surface area contributed by atoms with Gasteiger partial charge in [0.25, 0.3) is 0 Å². The van der Waals surface area contributed by atoms with E-state index >= 15 is 0 Å². The number of esters is 1. The molecule has 0 saturated carbocycles. The first-order valence-corrected chi connectivity index (χ1v) is 8.96. The van der Waals surface area contributed by atoms with Gasteiger partial charge < -0.3 is 9.47 Å². The smallest absolute Gasteiger partial charge is 0.316 e. The molecule has 0 saturated heterocycles. The molecule has 1 heterocycles. The van der Waals surface area contributed by atoms with E-state index in [0.717, 1.165) is 11.0 Å². The Hall–Kier alpha value is -2.31. The predicted octanol–water partition coefficient (Wildman–Crippen LogP) is 4.00. The van der Waals surface area contributed by atoms with E-state index in [9.17, 15) is 4.79 Å². The lowest BCUT2D eigenvalue weighted by Gasteiger charge is -2.07. The van der Waals surface area contributed by atoms with Crippen molar-refractivity contribution in [2.24, 2.45) is 0 Å². The van der Waals surface area contributed by atoms with E-state index in [1.807, 2.05) is 24.3 Å². The number of carbonyl (C=O) groups excluding carboxylic acids is 1. The number of aromatic nitrogens is 2. The molecule has 0 radical (unpaired) electrons. The summed E-state index contributed by atoms with van der Waals surface area (Å²) in [6.45, 7) is 0.471. The molecule has 25 heavy (non-hydrogen) atoms. The summed E-state index contributed by atoms with van der Waals surface area (Å²) in [6, 6.07) is 14.6. The summed E-state index contributed by atoms with van der Waals surface area (Å²) in [6.07, 6.45) is 1.66. The molecular weight excluding hydrogens is 360 g/mol. The molecule has 0 unspecified atom stereocenters. The van der Waals surface area contributed by atoms with E-state index in [1.54, 1.807) is 30.5 Å². The Kier molecular flexibility index (Phi) is 6.09. The maximum absolute atomic E-state index is 11.8. The number of hydrogen-bond acceptors (Lipinski definition) is 6. The normalized spacial score (nSPS) is 10.6. The van der Waals surface area contributed by atoms with Crippen molar-refractivity contribution in [3.63, 3.8) is 0 Å². The minimum atomic E-state index is -0.320. The molecule has 2 aromatic carbocycles. The number of para-hydroxylation sites is 2. The van der Waals surface area contributed by atoms with Crippen molar-refractivity contribution in [2.75, 3.05) is 19.0 Å². The molecule has 0 aliphatic rings. The number of ether oxygens (including phenoxy) is 2. The van der Waals surface area contributed by atoms with Crippen molar-refractivity contribution in [3.05, 3.63) is 59.8 Å². The Labute approximate surface area is 154 Å². The van der Waals surface area contributed by atoms with E-state index in [1.165, 1.54) is 11.8 Å². The molecule has 0 aliphatic heterocycles. The first-order valence-electron chi connectivity index (χ1n) is 7.59. The second kappa shape index (κ2) is 8.69. The monoisotopic (exact) mass is 374 g/mol. The molecular formula is C18H15ClN2O3S. The summed E-state index contributed by atoms with van der Waals surface area (Å²) in [4.78, 5) is 20.5. The highest BCUT2D eigenvalue weighted by atomic mass is 35.5. The second-order valence-electron chi connectivity index (χ2n) is 5.01. The summed E-state index contributed by atoms with van der Waals surface area (Å²) in [5.41, 5.74) is 1.63. The van der Waals surface area contributed by atoms with Gasteiger partial charge in [0.1, 0.15) is 24.0 Å². The van der Waals surface area contributed by atoms with Gasteiger partial charge in [-0.05, 0) is 36.4 Å². The molecule has 128 valence electrons. The summed E-state index contributed by atoms with van der Waals surface area (Å²) in [5, 5.41) is 1.33. The van der Waals surface area contributed by atoms with Gasteiger partial charge in [0, 0.05) is 5.02 Å². The van der Waals surface area contributed by atoms with Crippen LogP contribution in [0.1, 0.15) is 0 Å². The molecule has 0 amide bonds. The highest BCUT2D eigenvalue weighted by molar-refractivity contribution is 7.99. The van der Waals surface area contributed by atoms with Crippen LogP contribution in [0, 0.1) is 0 Å². The summed E-state index contributed by atoms with van der Waals surface area (Å²) < 4.78 is 10.6. The van der Waals surface area contributed by atoms with Crippen molar-refractivity contribution in [1.29, 1.82) is 0 Å². The molecule has 3 rings (SSSR count). The van der Waals surface area contributed by atoms with Gasteiger partial charge in [0.15, 0.2) is 0 Å². The Morgan fingerprint density at radius 3 is 2.60 bits per heavy atom. The van der Waals surface area contributed by atoms with E-state index in [4.69, 9.17) is 21.1 Å². The van der Waals surface area contributed by atoms with E-state index < -0.39 is 0 Å². The van der Waals surface area contributed by atoms with Crippen LogP contribution in [0.5, 0.6) is 5.75 Å². The third kappa shape index (κ3) is 5.34. The molecule has 3 aromatic rings. The van der Waals surface area contributed by atoms with Crippen LogP contribution in [0.25, 0.3) is 11.0 Å². The van der Waals surface area contributed by atoms with Crippen molar-refractivity contribution >= 4 is 40.4 Å². The third-order valence-corrected chi connectivity index (χ3v) is 4.32. The Morgan fingerprint density at radius 2 is 1.80 bits per heavy atom. The lowest BCUT2D eigenvalue weighted by molar-refractivity contribution is -0.141. The number of halogens is 1. The zero-order valence-electron chi connectivity index (χ0n) is 13.2. The fourth-order valence-corrected chi connectivity index (χ4v) is 2.80. The topological polar surface area (TPSA) is 61.3 Å². The fraction of sp³-hybridized carbons (Fsp3) is 0.167. The van der Waals surface area contributed by atoms with Crippen molar-refractivity contribution < 1.29 is 14.3 Å². The van der Waals surface area contributed by atoms with E-state index in [-0.39, 0.29) is 24.9 Å². The fourth-order valence-electron chi connectivity index (χ4n) is 2.03. The number of fused-ring (bicyclic) bond motifs is 1. The Balaban J connectivity index is 1.39. The van der Waals surface area contributed by atoms with Gasteiger partial charge in [0.05, 0.1) is 23.0 Å². The van der Waals surface area contributed by atoms with Gasteiger partial charge in [-0.1, -0.05) is 35.5 Å². The van der Waals surface area contributed by atoms with Gasteiger partial charge in [-0.2, -0.15) is 0 Å². The Bertz CT molecular complexity index is 858. The number of rotatable bonds is 7. The molecule has 0 N–H and O–H groups in total. The number of benzene rings is 2. The highest BCUT2D eigenvalue weighted by Gasteiger charge is 2.07. The van der Waals surface area contributed by atoms with Crippen LogP contribution < -0.4 is 4.74 Å². The zero-order chi connectivity index (χ0) is 17.5. The van der Waals surface area contributed by atoms with Gasteiger partial charge in [0.2, 0.25) is 0 Å². The summed E-state index contributed by atoms with van der Waals surface area (Å²) >= 11 is 7.09. The standard InChI is InChI=1S/C18H15ClN2O3S/c19-13-5-7-14(8-6-13)23-9-10-24-18(22)12-25-17-11-20-15-3-1-2-4-16(15)21-17/h1-8,11H,9-10,12H2. The first-order chi connectivity index (χ1) is 12.2. The van der Waals surface area contributed by atoms with Crippen LogP contribution in [0.3, 0.4) is 0 Å². The first kappa shape index (κ1) is 17.5. The average molecular weight is 375 g/mol. The van der Waals surface area contributed by atoms with Crippen molar-refractivity contribution in [3.8, 4) is 5.75 Å². The minimum absolute atomic E-state index is 0.175. The molecule has 5 nitrogen and oxygen atoms in total. The van der Waals surface area contributed by atoms with Crippen LogP contribution in [0.4, 0.5) is 0 Å². The number of thioether (sulfide) groups is 1.